The van der Waals surface area contributed by atoms with Gasteiger partial charge in [-0.2, -0.15) is 0 Å². The molecule has 1 N–H and O–H groups in total. The van der Waals surface area contributed by atoms with Gasteiger partial charge >= 0.3 is 5.97 Å². The van der Waals surface area contributed by atoms with Crippen LogP contribution in [0.25, 0.3) is 0 Å². The summed E-state index contributed by atoms with van der Waals surface area (Å²) in [4.78, 5) is 10.7. The number of aliphatic carboxylic acids is 1. The van der Waals surface area contributed by atoms with Gasteiger partial charge in [-0.25, -0.2) is 0 Å². The third-order valence-electron chi connectivity index (χ3n) is 2.19. The predicted octanol–water partition coefficient (Wildman–Crippen LogP) is 4.13. The lowest BCUT2D eigenvalue weighted by Gasteiger charge is -2.11. The van der Waals surface area contributed by atoms with Gasteiger partial charge in [0.05, 0.1) is 16.5 Å². The minimum atomic E-state index is -0.839. The molecule has 0 aromatic heterocycles. The van der Waals surface area contributed by atoms with Crippen LogP contribution in [-0.4, -0.2) is 11.1 Å². The molecule has 0 saturated carbocycles. The van der Waals surface area contributed by atoms with E-state index in [0.29, 0.717) is 10.0 Å². The fraction of sp³-hybridized carbons (Fsp3) is 0.250. The molecular formula is C12H12Cl2O2. The Kier molecular flexibility index (Phi) is 4.84. The maximum absolute atomic E-state index is 10.7. The van der Waals surface area contributed by atoms with Crippen molar-refractivity contribution in [3.05, 3.63) is 46.0 Å². The average molecular weight is 259 g/mol. The first-order chi connectivity index (χ1) is 7.54. The summed E-state index contributed by atoms with van der Waals surface area (Å²) in [5.41, 5.74) is 0.856. The maximum Gasteiger partial charge on any atom is 0.304 e. The Morgan fingerprint density at radius 2 is 2.12 bits per heavy atom. The highest BCUT2D eigenvalue weighted by atomic mass is 35.5. The van der Waals surface area contributed by atoms with Gasteiger partial charge in [-0.05, 0) is 24.6 Å². The van der Waals surface area contributed by atoms with E-state index >= 15 is 0 Å². The summed E-state index contributed by atoms with van der Waals surface area (Å²) in [5.74, 6) is -1.01. The summed E-state index contributed by atoms with van der Waals surface area (Å²) in [6.07, 6.45) is 3.71. The van der Waals surface area contributed by atoms with Crippen LogP contribution in [0.3, 0.4) is 0 Å². The molecule has 0 heterocycles. The van der Waals surface area contributed by atoms with Crippen LogP contribution in [0.1, 0.15) is 24.8 Å². The van der Waals surface area contributed by atoms with Crippen LogP contribution in [0.2, 0.25) is 10.0 Å². The van der Waals surface area contributed by atoms with Crippen LogP contribution in [0.4, 0.5) is 0 Å². The summed E-state index contributed by atoms with van der Waals surface area (Å²) in [7, 11) is 0. The van der Waals surface area contributed by atoms with Crippen molar-refractivity contribution in [2.24, 2.45) is 0 Å². The minimum Gasteiger partial charge on any atom is -0.481 e. The van der Waals surface area contributed by atoms with Crippen LogP contribution >= 0.6 is 23.2 Å². The van der Waals surface area contributed by atoms with Gasteiger partial charge in [-0.15, -0.1) is 0 Å². The van der Waals surface area contributed by atoms with Crippen molar-refractivity contribution in [2.45, 2.75) is 19.3 Å². The molecule has 0 amide bonds. The zero-order chi connectivity index (χ0) is 12.1. The van der Waals surface area contributed by atoms with E-state index in [1.54, 1.807) is 18.2 Å². The molecule has 0 aliphatic heterocycles. The summed E-state index contributed by atoms with van der Waals surface area (Å²) in [5, 5.41) is 9.72. The van der Waals surface area contributed by atoms with E-state index in [2.05, 4.69) is 0 Å². The van der Waals surface area contributed by atoms with Crippen molar-refractivity contribution < 1.29 is 9.90 Å². The van der Waals surface area contributed by atoms with Gasteiger partial charge in [-0.1, -0.05) is 41.4 Å². The number of rotatable bonds is 4. The highest BCUT2D eigenvalue weighted by Gasteiger charge is 2.13. The van der Waals surface area contributed by atoms with Crippen molar-refractivity contribution in [3.8, 4) is 0 Å². The lowest BCUT2D eigenvalue weighted by molar-refractivity contribution is -0.137. The summed E-state index contributed by atoms with van der Waals surface area (Å²) in [6, 6.07) is 5.18. The van der Waals surface area contributed by atoms with Crippen LogP contribution < -0.4 is 0 Å². The summed E-state index contributed by atoms with van der Waals surface area (Å²) >= 11 is 11.7. The van der Waals surface area contributed by atoms with E-state index in [1.807, 2.05) is 19.1 Å². The molecule has 0 radical (unpaired) electrons. The Labute approximate surface area is 104 Å². The monoisotopic (exact) mass is 258 g/mol. The molecule has 0 aliphatic rings. The molecule has 1 rings (SSSR count). The molecular weight excluding hydrogens is 247 g/mol. The molecule has 1 atom stereocenters. The molecule has 1 aromatic carbocycles. The van der Waals surface area contributed by atoms with E-state index in [-0.39, 0.29) is 12.3 Å². The van der Waals surface area contributed by atoms with Crippen molar-refractivity contribution in [2.75, 3.05) is 0 Å². The van der Waals surface area contributed by atoms with Gasteiger partial charge in [0, 0.05) is 5.92 Å². The number of carboxylic acid groups (broad SMARTS) is 1. The van der Waals surface area contributed by atoms with Gasteiger partial charge in [0.25, 0.3) is 0 Å². The van der Waals surface area contributed by atoms with Crippen LogP contribution in [0, 0.1) is 0 Å². The Hall–Kier alpha value is -0.990. The summed E-state index contributed by atoms with van der Waals surface area (Å²) < 4.78 is 0. The molecule has 4 heteroatoms. The Morgan fingerprint density at radius 1 is 1.44 bits per heavy atom. The van der Waals surface area contributed by atoms with Crippen LogP contribution in [0.15, 0.2) is 30.4 Å². The fourth-order valence-corrected chi connectivity index (χ4v) is 1.77. The number of benzene rings is 1. The molecule has 16 heavy (non-hydrogen) atoms. The topological polar surface area (TPSA) is 37.3 Å². The molecule has 1 aromatic rings. The highest BCUT2D eigenvalue weighted by molar-refractivity contribution is 6.42. The van der Waals surface area contributed by atoms with Crippen LogP contribution in [0.5, 0.6) is 0 Å². The largest absolute Gasteiger partial charge is 0.481 e. The van der Waals surface area contributed by atoms with Gasteiger partial charge < -0.3 is 5.11 Å². The molecule has 2 nitrogen and oxygen atoms in total. The zero-order valence-electron chi connectivity index (χ0n) is 8.78. The molecule has 0 fully saturated rings. The normalized spacial score (nSPS) is 12.9. The highest BCUT2D eigenvalue weighted by Crippen LogP contribution is 2.28. The first kappa shape index (κ1) is 13.1. The van der Waals surface area contributed by atoms with Crippen LogP contribution in [-0.2, 0) is 4.79 Å². The zero-order valence-corrected chi connectivity index (χ0v) is 10.3. The minimum absolute atomic E-state index is 0.0439. The van der Waals surface area contributed by atoms with E-state index in [1.165, 1.54) is 0 Å². The van der Waals surface area contributed by atoms with Gasteiger partial charge in [0.1, 0.15) is 0 Å². The van der Waals surface area contributed by atoms with Gasteiger partial charge in [0.15, 0.2) is 0 Å². The lowest BCUT2D eigenvalue weighted by atomic mass is 9.95. The second kappa shape index (κ2) is 5.92. The van der Waals surface area contributed by atoms with Crippen molar-refractivity contribution in [1.82, 2.24) is 0 Å². The standard InChI is InChI=1S/C12H12Cl2O2/c1-2-3-8(7-12(15)16)9-4-5-10(13)11(14)6-9/h2-6,8H,7H2,1H3,(H,15,16). The molecule has 0 saturated heterocycles. The SMILES string of the molecule is CC=CC(CC(=O)O)c1ccc(Cl)c(Cl)c1. The molecule has 0 aliphatic carbocycles. The first-order valence-corrected chi connectivity index (χ1v) is 5.59. The van der Waals surface area contributed by atoms with E-state index in [9.17, 15) is 4.79 Å². The van der Waals surface area contributed by atoms with Crippen molar-refractivity contribution in [3.63, 3.8) is 0 Å². The number of allylic oxidation sites excluding steroid dienone is 2. The van der Waals surface area contributed by atoms with Crippen molar-refractivity contribution in [1.29, 1.82) is 0 Å². The molecule has 86 valence electrons. The maximum atomic E-state index is 10.7. The third kappa shape index (κ3) is 3.54. The fourth-order valence-electron chi connectivity index (χ4n) is 1.46. The number of carbonyl (C=O) groups is 1. The number of hydrogen-bond donors (Lipinski definition) is 1. The number of carboxylic acids is 1. The van der Waals surface area contributed by atoms with E-state index in [4.69, 9.17) is 28.3 Å². The quantitative estimate of drug-likeness (QED) is 0.825. The number of halogens is 2. The van der Waals surface area contributed by atoms with E-state index in [0.717, 1.165) is 5.56 Å². The average Bonchev–Trinajstić information content (AvgIpc) is 2.21. The van der Waals surface area contributed by atoms with Gasteiger partial charge in [-0.3, -0.25) is 4.79 Å². The third-order valence-corrected chi connectivity index (χ3v) is 2.93. The van der Waals surface area contributed by atoms with Crippen molar-refractivity contribution >= 4 is 29.2 Å². The second-order valence-corrected chi connectivity index (χ2v) is 4.22. The molecule has 0 spiro atoms. The predicted molar refractivity (Wildman–Crippen MR) is 66.3 cm³/mol. The Morgan fingerprint density at radius 3 is 2.62 bits per heavy atom. The number of hydrogen-bond acceptors (Lipinski definition) is 1. The van der Waals surface area contributed by atoms with E-state index < -0.39 is 5.97 Å². The Balaban J connectivity index is 3.01. The smallest absolute Gasteiger partial charge is 0.304 e. The molecule has 1 unspecified atom stereocenters. The first-order valence-electron chi connectivity index (χ1n) is 4.84. The Bertz CT molecular complexity index is 413. The molecule has 0 bridgehead atoms. The lowest BCUT2D eigenvalue weighted by Crippen LogP contribution is -2.04. The second-order valence-electron chi connectivity index (χ2n) is 3.40. The van der Waals surface area contributed by atoms with Gasteiger partial charge in [0.2, 0.25) is 0 Å². The summed E-state index contributed by atoms with van der Waals surface area (Å²) in [6.45, 7) is 1.85.